The highest BCUT2D eigenvalue weighted by atomic mass is 35.5. The van der Waals surface area contributed by atoms with Crippen molar-refractivity contribution >= 4 is 23.1 Å². The first-order valence-corrected chi connectivity index (χ1v) is 4.92. The molecule has 0 heterocycles. The molecule has 15 heavy (non-hydrogen) atoms. The molecule has 0 saturated heterocycles. The third-order valence-electron chi connectivity index (χ3n) is 1.94. The van der Waals surface area contributed by atoms with Crippen LogP contribution in [0.15, 0.2) is 12.1 Å². The maximum absolute atomic E-state index is 13.1. The zero-order valence-corrected chi connectivity index (χ0v) is 9.07. The van der Waals surface area contributed by atoms with Crippen LogP contribution in [-0.4, -0.2) is 18.9 Å². The van der Waals surface area contributed by atoms with E-state index >= 15 is 0 Å². The lowest BCUT2D eigenvalue weighted by molar-refractivity contribution is 0.0991. The van der Waals surface area contributed by atoms with Gasteiger partial charge in [-0.2, -0.15) is 0 Å². The zero-order chi connectivity index (χ0) is 11.4. The number of halogens is 2. The summed E-state index contributed by atoms with van der Waals surface area (Å²) in [5.74, 6) is -0.875. The molecular weight excluding hydrogens is 219 g/mol. The Balaban J connectivity index is 2.91. The summed E-state index contributed by atoms with van der Waals surface area (Å²) in [6.07, 6.45) is 0. The summed E-state index contributed by atoms with van der Waals surface area (Å²) in [4.78, 5) is 11.5. The number of benzene rings is 1. The van der Waals surface area contributed by atoms with E-state index in [1.807, 2.05) is 6.92 Å². The molecule has 0 spiro atoms. The van der Waals surface area contributed by atoms with E-state index in [4.69, 9.17) is 17.3 Å². The van der Waals surface area contributed by atoms with Gasteiger partial charge < -0.3 is 11.1 Å². The summed E-state index contributed by atoms with van der Waals surface area (Å²) in [7, 11) is 0. The highest BCUT2D eigenvalue weighted by molar-refractivity contribution is 6.33. The number of nitrogen functional groups attached to an aromatic ring is 1. The molecule has 1 rings (SSSR count). The molecule has 0 atom stereocenters. The molecule has 0 aromatic heterocycles. The highest BCUT2D eigenvalue weighted by Gasteiger charge is 2.11. The second-order valence-electron chi connectivity index (χ2n) is 3.06. The van der Waals surface area contributed by atoms with Crippen LogP contribution in [0.25, 0.3) is 0 Å². The van der Waals surface area contributed by atoms with Crippen molar-refractivity contribution in [3.05, 3.63) is 28.5 Å². The van der Waals surface area contributed by atoms with E-state index in [9.17, 15) is 9.18 Å². The van der Waals surface area contributed by atoms with Gasteiger partial charge in [0, 0.05) is 5.56 Å². The molecule has 0 saturated carbocycles. The largest absolute Gasteiger partial charge is 0.395 e. The van der Waals surface area contributed by atoms with E-state index in [1.54, 1.807) is 0 Å². The summed E-state index contributed by atoms with van der Waals surface area (Å²) in [5.41, 5.74) is 5.42. The van der Waals surface area contributed by atoms with Gasteiger partial charge in [0.1, 0.15) is 5.82 Å². The highest BCUT2D eigenvalue weighted by Crippen LogP contribution is 2.23. The van der Waals surface area contributed by atoms with Crippen LogP contribution in [0.2, 0.25) is 5.02 Å². The maximum Gasteiger partial charge on any atom is 0.176 e. The minimum absolute atomic E-state index is 0.0647. The first-order chi connectivity index (χ1) is 7.06. The number of carbonyl (C=O) groups is 1. The van der Waals surface area contributed by atoms with Gasteiger partial charge in [-0.25, -0.2) is 4.39 Å². The lowest BCUT2D eigenvalue weighted by atomic mass is 10.1. The number of Topliss-reactive ketones (excluding diaryl/α,β-unsaturated/α-hetero) is 1. The normalized spacial score (nSPS) is 10.3. The van der Waals surface area contributed by atoms with E-state index < -0.39 is 5.82 Å². The van der Waals surface area contributed by atoms with Crippen molar-refractivity contribution in [1.82, 2.24) is 5.32 Å². The molecule has 3 nitrogen and oxygen atoms in total. The third-order valence-corrected chi connectivity index (χ3v) is 2.25. The summed E-state index contributed by atoms with van der Waals surface area (Å²) < 4.78 is 13.1. The van der Waals surface area contributed by atoms with Crippen molar-refractivity contribution in [1.29, 1.82) is 0 Å². The number of anilines is 1. The first kappa shape index (κ1) is 11.9. The molecule has 0 aliphatic rings. The minimum Gasteiger partial charge on any atom is -0.395 e. The SMILES string of the molecule is CCNCC(=O)c1cc(F)c(N)c(Cl)c1. The molecule has 5 heteroatoms. The second-order valence-corrected chi connectivity index (χ2v) is 3.46. The molecule has 0 bridgehead atoms. The van der Waals surface area contributed by atoms with Crippen molar-refractivity contribution in [3.63, 3.8) is 0 Å². The average molecular weight is 231 g/mol. The third kappa shape index (κ3) is 2.91. The second kappa shape index (κ2) is 5.09. The fourth-order valence-corrected chi connectivity index (χ4v) is 1.29. The van der Waals surface area contributed by atoms with Gasteiger partial charge in [0.25, 0.3) is 0 Å². The molecule has 1 aromatic rings. The Morgan fingerprint density at radius 3 is 2.80 bits per heavy atom. The fraction of sp³-hybridized carbons (Fsp3) is 0.300. The molecule has 0 radical (unpaired) electrons. The van der Waals surface area contributed by atoms with E-state index in [0.29, 0.717) is 6.54 Å². The number of likely N-dealkylation sites (N-methyl/N-ethyl adjacent to an activating group) is 1. The molecule has 0 amide bonds. The molecule has 82 valence electrons. The molecule has 0 unspecified atom stereocenters. The number of hydrogen-bond acceptors (Lipinski definition) is 3. The van der Waals surface area contributed by atoms with Gasteiger partial charge in [0.15, 0.2) is 5.78 Å². The minimum atomic E-state index is -0.664. The molecule has 0 fully saturated rings. The number of carbonyl (C=O) groups excluding carboxylic acids is 1. The number of nitrogens with one attached hydrogen (secondary N) is 1. The zero-order valence-electron chi connectivity index (χ0n) is 8.31. The van der Waals surface area contributed by atoms with Crippen LogP contribution in [0.3, 0.4) is 0 Å². The predicted octanol–water partition coefficient (Wildman–Crippen LogP) is 1.85. The standard InChI is InChI=1S/C10H12ClFN2O/c1-2-14-5-9(15)6-3-7(11)10(13)8(12)4-6/h3-4,14H,2,5,13H2,1H3. The lowest BCUT2D eigenvalue weighted by Gasteiger charge is -2.05. The Hall–Kier alpha value is -1.13. The van der Waals surface area contributed by atoms with Gasteiger partial charge in [0.05, 0.1) is 17.3 Å². The Bertz CT molecular complexity index is 359. The quantitative estimate of drug-likeness (QED) is 0.613. The van der Waals surface area contributed by atoms with E-state index in [1.165, 1.54) is 6.07 Å². The van der Waals surface area contributed by atoms with Crippen LogP contribution in [0, 0.1) is 5.82 Å². The van der Waals surface area contributed by atoms with E-state index in [0.717, 1.165) is 6.07 Å². The van der Waals surface area contributed by atoms with Crippen molar-refractivity contribution in [2.24, 2.45) is 0 Å². The van der Waals surface area contributed by atoms with Crippen LogP contribution in [0.5, 0.6) is 0 Å². The van der Waals surface area contributed by atoms with Gasteiger partial charge in [0.2, 0.25) is 0 Å². The Kier molecular flexibility index (Phi) is 4.05. The topological polar surface area (TPSA) is 55.1 Å². The average Bonchev–Trinajstić information content (AvgIpc) is 2.21. The monoisotopic (exact) mass is 230 g/mol. The van der Waals surface area contributed by atoms with E-state index in [-0.39, 0.29) is 28.6 Å². The first-order valence-electron chi connectivity index (χ1n) is 4.54. The molecule has 0 aliphatic heterocycles. The van der Waals surface area contributed by atoms with Gasteiger partial charge >= 0.3 is 0 Å². The number of ketones is 1. The van der Waals surface area contributed by atoms with Crippen molar-refractivity contribution in [2.45, 2.75) is 6.92 Å². The molecule has 1 aromatic carbocycles. The summed E-state index contributed by atoms with van der Waals surface area (Å²) >= 11 is 5.66. The van der Waals surface area contributed by atoms with Crippen LogP contribution in [0.1, 0.15) is 17.3 Å². The van der Waals surface area contributed by atoms with Crippen LogP contribution in [0.4, 0.5) is 10.1 Å². The van der Waals surface area contributed by atoms with E-state index in [2.05, 4.69) is 5.32 Å². The molecule has 0 aliphatic carbocycles. The summed E-state index contributed by atoms with van der Waals surface area (Å²) in [5, 5.41) is 2.92. The number of nitrogens with two attached hydrogens (primary N) is 1. The summed E-state index contributed by atoms with van der Waals surface area (Å²) in [6, 6.07) is 2.47. The predicted molar refractivity (Wildman–Crippen MR) is 58.7 cm³/mol. The fourth-order valence-electron chi connectivity index (χ4n) is 1.09. The van der Waals surface area contributed by atoms with Gasteiger partial charge in [-0.05, 0) is 18.7 Å². The molecular formula is C10H12ClFN2O. The van der Waals surface area contributed by atoms with Crippen LogP contribution in [-0.2, 0) is 0 Å². The lowest BCUT2D eigenvalue weighted by Crippen LogP contribution is -2.22. The maximum atomic E-state index is 13.1. The molecule has 3 N–H and O–H groups in total. The van der Waals surface area contributed by atoms with Crippen molar-refractivity contribution < 1.29 is 9.18 Å². The van der Waals surface area contributed by atoms with Gasteiger partial charge in [-0.1, -0.05) is 18.5 Å². The van der Waals surface area contributed by atoms with Gasteiger partial charge in [-0.3, -0.25) is 4.79 Å². The summed E-state index contributed by atoms with van der Waals surface area (Å²) in [6.45, 7) is 2.72. The Morgan fingerprint density at radius 2 is 2.27 bits per heavy atom. The van der Waals surface area contributed by atoms with Gasteiger partial charge in [-0.15, -0.1) is 0 Å². The van der Waals surface area contributed by atoms with Crippen molar-refractivity contribution in [3.8, 4) is 0 Å². The van der Waals surface area contributed by atoms with Crippen LogP contribution < -0.4 is 11.1 Å². The Morgan fingerprint density at radius 1 is 1.60 bits per heavy atom. The van der Waals surface area contributed by atoms with Crippen molar-refractivity contribution in [2.75, 3.05) is 18.8 Å². The Labute approximate surface area is 92.4 Å². The van der Waals surface area contributed by atoms with Crippen LogP contribution >= 0.6 is 11.6 Å². The smallest absolute Gasteiger partial charge is 0.176 e. The number of hydrogen-bond donors (Lipinski definition) is 2. The number of rotatable bonds is 4.